The molecule has 23 heavy (non-hydrogen) atoms. The van der Waals surface area contributed by atoms with Crippen molar-refractivity contribution in [1.82, 2.24) is 4.98 Å². The highest BCUT2D eigenvalue weighted by Gasteiger charge is 2.31. The van der Waals surface area contributed by atoms with Crippen molar-refractivity contribution in [3.8, 4) is 11.5 Å². The molecule has 0 spiro atoms. The second-order valence-electron chi connectivity index (χ2n) is 4.36. The van der Waals surface area contributed by atoms with E-state index in [4.69, 9.17) is 32.7 Å². The highest BCUT2D eigenvalue weighted by atomic mass is 35.5. The highest BCUT2D eigenvalue weighted by molar-refractivity contribution is 6.33. The molecular weight excluding hydrogens is 356 g/mol. The first kappa shape index (κ1) is 17.5. The van der Waals surface area contributed by atoms with Crippen molar-refractivity contribution in [2.45, 2.75) is 6.18 Å². The first-order chi connectivity index (χ1) is 10.8. The van der Waals surface area contributed by atoms with E-state index < -0.39 is 11.7 Å². The van der Waals surface area contributed by atoms with Crippen molar-refractivity contribution in [3.05, 3.63) is 40.0 Å². The number of rotatable bonds is 4. The Morgan fingerprint density at radius 1 is 1.00 bits per heavy atom. The third kappa shape index (κ3) is 3.92. The molecule has 1 N–H and O–H groups in total. The molecule has 0 saturated heterocycles. The smallest absolute Gasteiger partial charge is 0.417 e. The van der Waals surface area contributed by atoms with Gasteiger partial charge in [-0.2, -0.15) is 13.2 Å². The maximum atomic E-state index is 12.6. The molecule has 0 amide bonds. The largest absolute Gasteiger partial charge is 0.495 e. The zero-order valence-corrected chi connectivity index (χ0v) is 13.5. The number of aromatic nitrogens is 1. The first-order valence-electron chi connectivity index (χ1n) is 6.17. The topological polar surface area (TPSA) is 43.4 Å². The lowest BCUT2D eigenvalue weighted by atomic mass is 10.2. The number of anilines is 2. The van der Waals surface area contributed by atoms with Crippen molar-refractivity contribution < 1.29 is 22.6 Å². The van der Waals surface area contributed by atoms with E-state index in [0.717, 1.165) is 6.07 Å². The summed E-state index contributed by atoms with van der Waals surface area (Å²) in [5, 5.41) is 2.93. The van der Waals surface area contributed by atoms with E-state index in [1.54, 1.807) is 0 Å². The van der Waals surface area contributed by atoms with E-state index in [9.17, 15) is 13.2 Å². The molecule has 0 fully saturated rings. The van der Waals surface area contributed by atoms with Gasteiger partial charge in [-0.25, -0.2) is 4.98 Å². The summed E-state index contributed by atoms with van der Waals surface area (Å²) < 4.78 is 48.1. The van der Waals surface area contributed by atoms with Gasteiger partial charge in [0.05, 0.1) is 35.5 Å². The van der Waals surface area contributed by atoms with Gasteiger partial charge in [-0.3, -0.25) is 0 Å². The van der Waals surface area contributed by atoms with Crippen LogP contribution in [0.4, 0.5) is 24.7 Å². The van der Waals surface area contributed by atoms with Crippen LogP contribution >= 0.6 is 23.2 Å². The van der Waals surface area contributed by atoms with Gasteiger partial charge >= 0.3 is 6.18 Å². The molecule has 1 heterocycles. The van der Waals surface area contributed by atoms with Crippen LogP contribution in [0.2, 0.25) is 10.0 Å². The summed E-state index contributed by atoms with van der Waals surface area (Å²) in [7, 11) is 2.85. The van der Waals surface area contributed by atoms with Crippen LogP contribution in [0.1, 0.15) is 5.56 Å². The highest BCUT2D eigenvalue weighted by Crippen LogP contribution is 2.39. The van der Waals surface area contributed by atoms with Crippen LogP contribution in [-0.4, -0.2) is 19.2 Å². The molecule has 0 saturated carbocycles. The average molecular weight is 367 g/mol. The number of methoxy groups -OCH3 is 2. The lowest BCUT2D eigenvalue weighted by Gasteiger charge is -2.15. The van der Waals surface area contributed by atoms with Crippen molar-refractivity contribution in [2.75, 3.05) is 19.5 Å². The van der Waals surface area contributed by atoms with Crippen LogP contribution in [0.15, 0.2) is 24.4 Å². The molecular formula is C14H11Cl2F3N2O2. The van der Waals surface area contributed by atoms with Gasteiger partial charge in [0.2, 0.25) is 0 Å². The zero-order chi connectivity index (χ0) is 17.2. The molecule has 2 aromatic rings. The van der Waals surface area contributed by atoms with Crippen LogP contribution in [0.3, 0.4) is 0 Å². The Balaban J connectivity index is 2.39. The Morgan fingerprint density at radius 3 is 2.17 bits per heavy atom. The van der Waals surface area contributed by atoms with Crippen LogP contribution in [0, 0.1) is 0 Å². The molecule has 9 heteroatoms. The number of ether oxygens (including phenoxy) is 2. The standard InChI is InChI=1S/C14H11Cl2F3N2O2/c1-22-11-5-10(12(23-2)4-8(11)15)21-13-9(16)3-7(6-20-13)14(17,18)19/h3-6H,1-2H3,(H,20,21). The van der Waals surface area contributed by atoms with Gasteiger partial charge in [-0.05, 0) is 6.07 Å². The zero-order valence-electron chi connectivity index (χ0n) is 12.0. The number of halogens is 5. The fourth-order valence-electron chi connectivity index (χ4n) is 1.77. The predicted molar refractivity (Wildman–Crippen MR) is 82.1 cm³/mol. The molecule has 0 atom stereocenters. The second-order valence-corrected chi connectivity index (χ2v) is 5.18. The lowest BCUT2D eigenvalue weighted by Crippen LogP contribution is -2.07. The molecule has 124 valence electrons. The maximum Gasteiger partial charge on any atom is 0.417 e. The summed E-state index contributed by atoms with van der Waals surface area (Å²) in [6.45, 7) is 0. The second kappa shape index (κ2) is 6.72. The van der Waals surface area contributed by atoms with Gasteiger partial charge < -0.3 is 14.8 Å². The van der Waals surface area contributed by atoms with Crippen LogP contribution in [0.25, 0.3) is 0 Å². The fraction of sp³-hybridized carbons (Fsp3) is 0.214. The van der Waals surface area contributed by atoms with Gasteiger partial charge in [0, 0.05) is 18.3 Å². The molecule has 0 radical (unpaired) electrons. The summed E-state index contributed by atoms with van der Waals surface area (Å²) in [6, 6.07) is 3.81. The summed E-state index contributed by atoms with van der Waals surface area (Å²) in [4.78, 5) is 3.70. The minimum absolute atomic E-state index is 0.0438. The van der Waals surface area contributed by atoms with Crippen molar-refractivity contribution in [2.24, 2.45) is 0 Å². The van der Waals surface area contributed by atoms with E-state index in [1.807, 2.05) is 0 Å². The number of alkyl halides is 3. The summed E-state index contributed by atoms with van der Waals surface area (Å²) in [5.74, 6) is 0.758. The number of hydrogen-bond acceptors (Lipinski definition) is 4. The average Bonchev–Trinajstić information content (AvgIpc) is 2.49. The third-order valence-electron chi connectivity index (χ3n) is 2.90. The predicted octanol–water partition coefficient (Wildman–Crippen LogP) is 5.17. The maximum absolute atomic E-state index is 12.6. The third-order valence-corrected chi connectivity index (χ3v) is 3.48. The summed E-state index contributed by atoms with van der Waals surface area (Å²) in [6.07, 6.45) is -3.83. The van der Waals surface area contributed by atoms with Gasteiger partial charge in [0.25, 0.3) is 0 Å². The molecule has 0 aliphatic heterocycles. The number of hydrogen-bond donors (Lipinski definition) is 1. The van der Waals surface area contributed by atoms with E-state index in [2.05, 4.69) is 10.3 Å². The Kier molecular flexibility index (Phi) is 5.11. The van der Waals surface area contributed by atoms with E-state index >= 15 is 0 Å². The fourth-order valence-corrected chi connectivity index (χ4v) is 2.22. The molecule has 0 bridgehead atoms. The molecule has 0 unspecified atom stereocenters. The van der Waals surface area contributed by atoms with Crippen LogP contribution in [0.5, 0.6) is 11.5 Å². The Bertz CT molecular complexity index is 724. The quantitative estimate of drug-likeness (QED) is 0.810. The van der Waals surface area contributed by atoms with Gasteiger partial charge in [0.1, 0.15) is 17.3 Å². The van der Waals surface area contributed by atoms with Crippen molar-refractivity contribution in [1.29, 1.82) is 0 Å². The SMILES string of the molecule is COc1cc(Nc2ncc(C(F)(F)F)cc2Cl)c(OC)cc1Cl. The van der Waals surface area contributed by atoms with Crippen LogP contribution < -0.4 is 14.8 Å². The Labute approximate surface area is 140 Å². The Morgan fingerprint density at radius 2 is 1.65 bits per heavy atom. The lowest BCUT2D eigenvalue weighted by molar-refractivity contribution is -0.137. The number of pyridine rings is 1. The minimum atomic E-state index is -4.52. The molecule has 2 rings (SSSR count). The molecule has 4 nitrogen and oxygen atoms in total. The normalized spacial score (nSPS) is 11.3. The summed E-state index contributed by atoms with van der Waals surface area (Å²) in [5.41, 5.74) is -0.545. The first-order valence-corrected chi connectivity index (χ1v) is 6.93. The van der Waals surface area contributed by atoms with Crippen LogP contribution in [-0.2, 0) is 6.18 Å². The van der Waals surface area contributed by atoms with Gasteiger partial charge in [-0.15, -0.1) is 0 Å². The van der Waals surface area contributed by atoms with Gasteiger partial charge in [-0.1, -0.05) is 23.2 Å². The van der Waals surface area contributed by atoms with E-state index in [1.165, 1.54) is 26.4 Å². The molecule has 0 aliphatic rings. The number of nitrogens with zero attached hydrogens (tertiary/aromatic N) is 1. The molecule has 0 aliphatic carbocycles. The number of benzene rings is 1. The van der Waals surface area contributed by atoms with Gasteiger partial charge in [0.15, 0.2) is 0 Å². The Hall–Kier alpha value is -1.86. The molecule has 1 aromatic carbocycles. The van der Waals surface area contributed by atoms with E-state index in [-0.39, 0.29) is 10.8 Å². The van der Waals surface area contributed by atoms with Crippen molar-refractivity contribution >= 4 is 34.7 Å². The number of nitrogens with one attached hydrogen (secondary N) is 1. The molecule has 1 aromatic heterocycles. The minimum Gasteiger partial charge on any atom is -0.495 e. The summed E-state index contributed by atoms with van der Waals surface area (Å²) >= 11 is 11.8. The van der Waals surface area contributed by atoms with Crippen molar-refractivity contribution in [3.63, 3.8) is 0 Å². The monoisotopic (exact) mass is 366 g/mol. The van der Waals surface area contributed by atoms with E-state index in [0.29, 0.717) is 28.4 Å².